The van der Waals surface area contributed by atoms with Crippen LogP contribution in [0.25, 0.3) is 22.3 Å². The Bertz CT molecular complexity index is 1060. The number of pyridine rings is 1. The van der Waals surface area contributed by atoms with Gasteiger partial charge in [0.25, 0.3) is 0 Å². The highest BCUT2D eigenvalue weighted by atomic mass is 15.3. The number of hydrogen-bond donors (Lipinski definition) is 0. The molecule has 0 amide bonds. The maximum Gasteiger partial charge on any atom is 0.162 e. The molecule has 1 atom stereocenters. The first-order chi connectivity index (χ1) is 13.9. The molecule has 4 heterocycles. The van der Waals surface area contributed by atoms with Crippen molar-refractivity contribution in [2.24, 2.45) is 5.92 Å². The number of aromatic nitrogens is 6. The van der Waals surface area contributed by atoms with Gasteiger partial charge in [0.05, 0.1) is 5.52 Å². The van der Waals surface area contributed by atoms with Crippen LogP contribution in [0.3, 0.4) is 0 Å². The van der Waals surface area contributed by atoms with Crippen molar-refractivity contribution in [1.29, 1.82) is 0 Å². The second-order valence-corrected chi connectivity index (χ2v) is 7.20. The molecule has 1 saturated heterocycles. The van der Waals surface area contributed by atoms with Crippen LogP contribution in [0.5, 0.6) is 0 Å². The average Bonchev–Trinajstić information content (AvgIpc) is 3.27. The summed E-state index contributed by atoms with van der Waals surface area (Å²) >= 11 is 0. The van der Waals surface area contributed by atoms with Gasteiger partial charge in [-0.05, 0) is 43.0 Å². The molecule has 28 heavy (non-hydrogen) atoms. The Kier molecular flexibility index (Phi) is 4.40. The van der Waals surface area contributed by atoms with Gasteiger partial charge in [-0.3, -0.25) is 9.67 Å². The van der Waals surface area contributed by atoms with Crippen LogP contribution in [0, 0.1) is 5.92 Å². The molecule has 0 saturated carbocycles. The minimum atomic E-state index is 0.522. The fraction of sp³-hybridized carbons (Fsp3) is 0.286. The van der Waals surface area contributed by atoms with E-state index in [1.54, 1.807) is 25.0 Å². The van der Waals surface area contributed by atoms with Crippen LogP contribution in [0.15, 0.2) is 61.4 Å². The first kappa shape index (κ1) is 16.8. The zero-order chi connectivity index (χ0) is 18.8. The third-order valence-electron chi connectivity index (χ3n) is 5.25. The van der Waals surface area contributed by atoms with Gasteiger partial charge in [-0.1, -0.05) is 12.1 Å². The Labute approximate surface area is 163 Å². The van der Waals surface area contributed by atoms with E-state index >= 15 is 0 Å². The van der Waals surface area contributed by atoms with Gasteiger partial charge in [0.1, 0.15) is 18.5 Å². The van der Waals surface area contributed by atoms with Crippen molar-refractivity contribution >= 4 is 16.7 Å². The van der Waals surface area contributed by atoms with E-state index in [0.717, 1.165) is 54.2 Å². The normalized spacial score (nSPS) is 17.1. The lowest BCUT2D eigenvalue weighted by atomic mass is 9.97. The van der Waals surface area contributed by atoms with Crippen molar-refractivity contribution in [3.05, 3.63) is 61.4 Å². The van der Waals surface area contributed by atoms with Crippen LogP contribution in [-0.4, -0.2) is 42.8 Å². The maximum absolute atomic E-state index is 4.98. The smallest absolute Gasteiger partial charge is 0.162 e. The topological polar surface area (TPSA) is 72.6 Å². The molecule has 1 aromatic carbocycles. The Balaban J connectivity index is 1.52. The minimum absolute atomic E-state index is 0.522. The van der Waals surface area contributed by atoms with Crippen LogP contribution in [0.1, 0.15) is 12.8 Å². The number of rotatable bonds is 4. The summed E-state index contributed by atoms with van der Waals surface area (Å²) < 4.78 is 1.93. The lowest BCUT2D eigenvalue weighted by Crippen LogP contribution is -2.38. The molecule has 5 rings (SSSR count). The largest absolute Gasteiger partial charge is 0.356 e. The molecule has 4 aromatic rings. The molecule has 0 N–H and O–H groups in total. The first-order valence-corrected chi connectivity index (χ1v) is 9.61. The first-order valence-electron chi connectivity index (χ1n) is 9.61. The Morgan fingerprint density at radius 3 is 2.75 bits per heavy atom. The van der Waals surface area contributed by atoms with Gasteiger partial charge in [0, 0.05) is 43.0 Å². The predicted octanol–water partition coefficient (Wildman–Crippen LogP) is 3.20. The second kappa shape index (κ2) is 7.34. The van der Waals surface area contributed by atoms with E-state index in [9.17, 15) is 0 Å². The second-order valence-electron chi connectivity index (χ2n) is 7.20. The van der Waals surface area contributed by atoms with Crippen LogP contribution >= 0.6 is 0 Å². The SMILES string of the molecule is c1ccc2c(N3CCCC(Cn4cncn4)C3)nc(-c3ccncc3)nc2c1. The molecule has 0 spiro atoms. The Hall–Kier alpha value is -3.35. The van der Waals surface area contributed by atoms with E-state index in [1.807, 2.05) is 22.9 Å². The van der Waals surface area contributed by atoms with Crippen LogP contribution in [0.2, 0.25) is 0 Å². The summed E-state index contributed by atoms with van der Waals surface area (Å²) in [6.07, 6.45) is 9.28. The molecule has 1 fully saturated rings. The van der Waals surface area contributed by atoms with Crippen molar-refractivity contribution in [1.82, 2.24) is 29.7 Å². The summed E-state index contributed by atoms with van der Waals surface area (Å²) in [6.45, 7) is 2.85. The van der Waals surface area contributed by atoms with Crippen molar-refractivity contribution in [2.45, 2.75) is 19.4 Å². The fourth-order valence-electron chi connectivity index (χ4n) is 3.93. The highest BCUT2D eigenvalue weighted by Crippen LogP contribution is 2.30. The van der Waals surface area contributed by atoms with E-state index < -0.39 is 0 Å². The zero-order valence-electron chi connectivity index (χ0n) is 15.5. The summed E-state index contributed by atoms with van der Waals surface area (Å²) in [7, 11) is 0. The molecule has 7 heteroatoms. The van der Waals surface area contributed by atoms with Gasteiger partial charge < -0.3 is 4.90 Å². The van der Waals surface area contributed by atoms with E-state index in [0.29, 0.717) is 5.92 Å². The molecular formula is C21H21N7. The molecule has 1 unspecified atom stereocenters. The summed E-state index contributed by atoms with van der Waals surface area (Å²) in [5.74, 6) is 2.28. The number of para-hydroxylation sites is 1. The molecule has 0 radical (unpaired) electrons. The summed E-state index contributed by atoms with van der Waals surface area (Å²) in [6, 6.07) is 12.2. The number of benzene rings is 1. The van der Waals surface area contributed by atoms with Gasteiger partial charge in [0.15, 0.2) is 5.82 Å². The van der Waals surface area contributed by atoms with E-state index in [4.69, 9.17) is 9.97 Å². The lowest BCUT2D eigenvalue weighted by molar-refractivity contribution is 0.351. The van der Waals surface area contributed by atoms with Crippen LogP contribution in [0.4, 0.5) is 5.82 Å². The molecule has 0 aliphatic carbocycles. The number of hydrogen-bond acceptors (Lipinski definition) is 6. The van der Waals surface area contributed by atoms with Crippen LogP contribution in [-0.2, 0) is 6.54 Å². The van der Waals surface area contributed by atoms with Gasteiger partial charge in [-0.15, -0.1) is 0 Å². The lowest BCUT2D eigenvalue weighted by Gasteiger charge is -2.34. The van der Waals surface area contributed by atoms with Gasteiger partial charge in [0.2, 0.25) is 0 Å². The highest BCUT2D eigenvalue weighted by molar-refractivity contribution is 5.91. The van der Waals surface area contributed by atoms with E-state index in [-0.39, 0.29) is 0 Å². The number of anilines is 1. The zero-order valence-corrected chi connectivity index (χ0v) is 15.5. The Morgan fingerprint density at radius 1 is 1.00 bits per heavy atom. The summed E-state index contributed by atoms with van der Waals surface area (Å²) in [4.78, 5) is 20.3. The predicted molar refractivity (Wildman–Crippen MR) is 108 cm³/mol. The van der Waals surface area contributed by atoms with Gasteiger partial charge >= 0.3 is 0 Å². The number of piperidine rings is 1. The molecule has 7 nitrogen and oxygen atoms in total. The Morgan fingerprint density at radius 2 is 1.89 bits per heavy atom. The minimum Gasteiger partial charge on any atom is -0.356 e. The third-order valence-corrected chi connectivity index (χ3v) is 5.25. The van der Waals surface area contributed by atoms with Crippen molar-refractivity contribution < 1.29 is 0 Å². The van der Waals surface area contributed by atoms with E-state index in [1.165, 1.54) is 6.42 Å². The molecule has 140 valence electrons. The number of fused-ring (bicyclic) bond motifs is 1. The van der Waals surface area contributed by atoms with Crippen molar-refractivity contribution in [3.8, 4) is 11.4 Å². The standard InChI is InChI=1S/C21H21N7/c1-2-6-19-18(5-1)21(26-20(25-19)17-7-9-22-10-8-17)27-11-3-4-16(12-27)13-28-15-23-14-24-28/h1-2,5-10,14-16H,3-4,11-13H2. The van der Waals surface area contributed by atoms with Gasteiger partial charge in [-0.2, -0.15) is 5.10 Å². The van der Waals surface area contributed by atoms with Gasteiger partial charge in [-0.25, -0.2) is 15.0 Å². The molecule has 0 bridgehead atoms. The quantitative estimate of drug-likeness (QED) is 0.548. The summed E-state index contributed by atoms with van der Waals surface area (Å²) in [5, 5.41) is 5.37. The molecule has 1 aliphatic heterocycles. The monoisotopic (exact) mass is 371 g/mol. The molecule has 3 aromatic heterocycles. The fourth-order valence-corrected chi connectivity index (χ4v) is 3.93. The number of nitrogens with zero attached hydrogens (tertiary/aromatic N) is 7. The maximum atomic E-state index is 4.98. The highest BCUT2D eigenvalue weighted by Gasteiger charge is 2.24. The van der Waals surface area contributed by atoms with E-state index in [2.05, 4.69) is 38.2 Å². The average molecular weight is 371 g/mol. The van der Waals surface area contributed by atoms with Crippen LogP contribution < -0.4 is 4.90 Å². The third kappa shape index (κ3) is 3.31. The molecular weight excluding hydrogens is 350 g/mol. The molecule has 1 aliphatic rings. The van der Waals surface area contributed by atoms with Crippen molar-refractivity contribution in [3.63, 3.8) is 0 Å². The van der Waals surface area contributed by atoms with Crippen molar-refractivity contribution in [2.75, 3.05) is 18.0 Å². The summed E-state index contributed by atoms with van der Waals surface area (Å²) in [5.41, 5.74) is 1.95.